The summed E-state index contributed by atoms with van der Waals surface area (Å²) in [4.78, 5) is 21.3. The lowest BCUT2D eigenvalue weighted by molar-refractivity contribution is -0.137. The van der Waals surface area contributed by atoms with E-state index < -0.39 is 34.6 Å². The van der Waals surface area contributed by atoms with Crippen LogP contribution in [0.3, 0.4) is 0 Å². The van der Waals surface area contributed by atoms with Crippen molar-refractivity contribution in [1.82, 2.24) is 9.97 Å². The summed E-state index contributed by atoms with van der Waals surface area (Å²) in [5.74, 6) is -0.319. The molecule has 0 radical (unpaired) electrons. The number of carbonyl (C=O) groups is 1. The quantitative estimate of drug-likeness (QED) is 0.303. The Morgan fingerprint density at radius 1 is 1.18 bits per heavy atom. The molecule has 0 saturated carbocycles. The Labute approximate surface area is 196 Å². The number of aromatic nitrogens is 2. The zero-order chi connectivity index (χ0) is 24.5. The summed E-state index contributed by atoms with van der Waals surface area (Å²) in [5, 5.41) is 0.150. The van der Waals surface area contributed by atoms with Crippen LogP contribution in [0.4, 0.5) is 29.2 Å². The Bertz CT molecular complexity index is 1210. The third-order valence-corrected chi connectivity index (χ3v) is 6.49. The van der Waals surface area contributed by atoms with Crippen molar-refractivity contribution in [1.29, 1.82) is 0 Å². The number of rotatable bonds is 6. The highest BCUT2D eigenvalue weighted by Gasteiger charge is 2.35. The Balaban J connectivity index is 1.63. The highest BCUT2D eigenvalue weighted by atomic mass is 32.2. The van der Waals surface area contributed by atoms with Crippen LogP contribution in [0.5, 0.6) is 0 Å². The minimum Gasteiger partial charge on any atom is -0.587 e. The lowest BCUT2D eigenvalue weighted by Crippen LogP contribution is -2.23. The van der Waals surface area contributed by atoms with Gasteiger partial charge in [0.05, 0.1) is 11.3 Å². The Kier molecular flexibility index (Phi) is 6.76. The third kappa shape index (κ3) is 5.15. The van der Waals surface area contributed by atoms with Gasteiger partial charge in [-0.3, -0.25) is 0 Å². The van der Waals surface area contributed by atoms with Crippen molar-refractivity contribution >= 4 is 29.3 Å². The summed E-state index contributed by atoms with van der Waals surface area (Å²) in [7, 11) is 0. The summed E-state index contributed by atoms with van der Waals surface area (Å²) in [6.45, 7) is 2.70. The summed E-state index contributed by atoms with van der Waals surface area (Å²) in [6.07, 6.45) is -3.12. The maximum Gasteiger partial charge on any atom is 0.418 e. The smallest absolute Gasteiger partial charge is 0.418 e. The van der Waals surface area contributed by atoms with E-state index in [9.17, 15) is 26.9 Å². The predicted molar refractivity (Wildman–Crippen MR) is 120 cm³/mol. The van der Waals surface area contributed by atoms with Crippen LogP contribution in [-0.4, -0.2) is 33.9 Å². The van der Waals surface area contributed by atoms with Crippen LogP contribution in [0.1, 0.15) is 17.5 Å². The van der Waals surface area contributed by atoms with E-state index in [-0.39, 0.29) is 22.3 Å². The second-order valence-corrected chi connectivity index (χ2v) is 9.05. The maximum atomic E-state index is 13.8. The number of nitrogens with one attached hydrogen (secondary N) is 1. The molecular formula is C23H20F4N4O2S. The SMILES string of the molecule is Cc1ccc(F)cc1-c1nc(N[S+]([O-])c2cccc(N3CCC(C=O)C3)n2)ccc1C(F)(F)F. The molecule has 1 N–H and O–H groups in total. The zero-order valence-electron chi connectivity index (χ0n) is 18.0. The van der Waals surface area contributed by atoms with Gasteiger partial charge in [0.1, 0.15) is 29.3 Å². The van der Waals surface area contributed by atoms with E-state index in [2.05, 4.69) is 14.7 Å². The average molecular weight is 492 g/mol. The molecule has 0 aliphatic carbocycles. The molecule has 6 nitrogen and oxygen atoms in total. The minimum absolute atomic E-state index is 0.0133. The van der Waals surface area contributed by atoms with Crippen molar-refractivity contribution in [2.45, 2.75) is 24.5 Å². The first kappa shape index (κ1) is 24.0. The molecule has 1 aromatic carbocycles. The second kappa shape index (κ2) is 9.59. The molecule has 3 aromatic rings. The van der Waals surface area contributed by atoms with Gasteiger partial charge in [0.15, 0.2) is 5.82 Å². The van der Waals surface area contributed by atoms with Crippen molar-refractivity contribution in [3.63, 3.8) is 0 Å². The van der Waals surface area contributed by atoms with Crippen LogP contribution in [0.2, 0.25) is 0 Å². The summed E-state index contributed by atoms with van der Waals surface area (Å²) >= 11 is -1.93. The summed E-state index contributed by atoms with van der Waals surface area (Å²) in [6, 6.07) is 10.3. The van der Waals surface area contributed by atoms with E-state index in [1.54, 1.807) is 19.1 Å². The van der Waals surface area contributed by atoms with Gasteiger partial charge in [0.25, 0.3) is 5.03 Å². The van der Waals surface area contributed by atoms with Gasteiger partial charge in [0, 0.05) is 30.6 Å². The van der Waals surface area contributed by atoms with Crippen molar-refractivity contribution in [2.75, 3.05) is 22.7 Å². The number of hydrogen-bond acceptors (Lipinski definition) is 6. The van der Waals surface area contributed by atoms with Crippen LogP contribution in [0.25, 0.3) is 11.3 Å². The Morgan fingerprint density at radius 3 is 2.68 bits per heavy atom. The highest BCUT2D eigenvalue weighted by molar-refractivity contribution is 7.92. The van der Waals surface area contributed by atoms with Crippen molar-refractivity contribution < 1.29 is 26.9 Å². The van der Waals surface area contributed by atoms with Gasteiger partial charge in [-0.05, 0) is 49.2 Å². The zero-order valence-corrected chi connectivity index (χ0v) is 18.8. The van der Waals surface area contributed by atoms with Gasteiger partial charge in [-0.1, -0.05) is 12.1 Å². The number of hydrogen-bond donors (Lipinski definition) is 1. The van der Waals surface area contributed by atoms with Crippen LogP contribution >= 0.6 is 0 Å². The summed E-state index contributed by atoms with van der Waals surface area (Å²) in [5.41, 5.74) is -1.10. The third-order valence-electron chi connectivity index (χ3n) is 5.49. The van der Waals surface area contributed by atoms with Crippen LogP contribution < -0.4 is 9.62 Å². The first-order valence-corrected chi connectivity index (χ1v) is 11.5. The molecule has 0 bridgehead atoms. The largest absolute Gasteiger partial charge is 0.587 e. The number of anilines is 2. The summed E-state index contributed by atoms with van der Waals surface area (Å²) < 4.78 is 70.1. The van der Waals surface area contributed by atoms with Crippen LogP contribution in [0, 0.1) is 18.7 Å². The molecule has 1 aliphatic rings. The molecular weight excluding hydrogens is 472 g/mol. The molecule has 2 atom stereocenters. The fourth-order valence-corrected chi connectivity index (χ4v) is 4.52. The van der Waals surface area contributed by atoms with Gasteiger partial charge < -0.3 is 14.2 Å². The molecule has 178 valence electrons. The number of aryl methyl sites for hydroxylation is 1. The van der Waals surface area contributed by atoms with Crippen molar-refractivity contribution in [3.05, 3.63) is 65.5 Å². The van der Waals surface area contributed by atoms with E-state index in [4.69, 9.17) is 0 Å². The molecule has 11 heteroatoms. The topological polar surface area (TPSA) is 81.2 Å². The lowest BCUT2D eigenvalue weighted by atomic mass is 10.0. The van der Waals surface area contributed by atoms with Gasteiger partial charge in [0.2, 0.25) is 0 Å². The highest BCUT2D eigenvalue weighted by Crippen LogP contribution is 2.38. The lowest BCUT2D eigenvalue weighted by Gasteiger charge is -2.18. The molecule has 0 amide bonds. The van der Waals surface area contributed by atoms with Crippen LogP contribution in [-0.2, 0) is 22.3 Å². The monoisotopic (exact) mass is 492 g/mol. The normalized spacial score (nSPS) is 17.0. The molecule has 1 fully saturated rings. The van der Waals surface area contributed by atoms with Gasteiger partial charge in [-0.15, -0.1) is 0 Å². The van der Waals surface area contributed by atoms with E-state index in [1.807, 2.05) is 4.90 Å². The standard InChI is InChI=1S/C23H20F4N4O2S/c1-14-5-6-16(24)11-17(14)22-18(23(25,26)27)7-8-19(28-22)30-34(33)21-4-2-3-20(29-21)31-10-9-15(12-31)13-32/h2-8,11,13,15H,9-10,12H2,1H3,(H,28,30). The van der Waals surface area contributed by atoms with Crippen LogP contribution in [0.15, 0.2) is 53.6 Å². The Morgan fingerprint density at radius 2 is 1.97 bits per heavy atom. The number of benzene rings is 1. The maximum absolute atomic E-state index is 13.8. The van der Waals surface area contributed by atoms with Gasteiger partial charge in [-0.25, -0.2) is 9.37 Å². The number of alkyl halides is 3. The predicted octanol–water partition coefficient (Wildman–Crippen LogP) is 4.77. The number of pyridine rings is 2. The van der Waals surface area contributed by atoms with E-state index in [0.29, 0.717) is 30.9 Å². The molecule has 34 heavy (non-hydrogen) atoms. The number of nitrogens with zero attached hydrogens (tertiary/aromatic N) is 3. The Hall–Kier alpha value is -3.18. The van der Waals surface area contributed by atoms with E-state index in [1.165, 1.54) is 12.1 Å². The van der Waals surface area contributed by atoms with Crippen molar-refractivity contribution in [2.24, 2.45) is 5.92 Å². The first-order chi connectivity index (χ1) is 16.2. The molecule has 3 heterocycles. The molecule has 4 rings (SSSR count). The molecule has 1 aliphatic heterocycles. The van der Waals surface area contributed by atoms with E-state index >= 15 is 0 Å². The van der Waals surface area contributed by atoms with Crippen molar-refractivity contribution in [3.8, 4) is 11.3 Å². The number of aldehydes is 1. The molecule has 2 unspecified atom stereocenters. The average Bonchev–Trinajstić information content (AvgIpc) is 3.29. The number of halogens is 4. The molecule has 2 aromatic heterocycles. The molecule has 1 saturated heterocycles. The fourth-order valence-electron chi connectivity index (χ4n) is 3.74. The molecule has 0 spiro atoms. The second-order valence-electron chi connectivity index (χ2n) is 7.89. The fraction of sp³-hybridized carbons (Fsp3) is 0.261. The van der Waals surface area contributed by atoms with E-state index in [0.717, 1.165) is 30.6 Å². The number of carbonyl (C=O) groups excluding carboxylic acids is 1. The minimum atomic E-state index is -4.72. The van der Waals surface area contributed by atoms with Gasteiger partial charge in [-0.2, -0.15) is 22.9 Å². The first-order valence-electron chi connectivity index (χ1n) is 10.4. The van der Waals surface area contributed by atoms with Gasteiger partial charge >= 0.3 is 6.18 Å².